The number of methoxy groups -OCH3 is 2. The maximum Gasteiger partial charge on any atom is 0.244 e. The van der Waals surface area contributed by atoms with Crippen molar-refractivity contribution in [2.24, 2.45) is 0 Å². The molecule has 0 saturated heterocycles. The summed E-state index contributed by atoms with van der Waals surface area (Å²) in [6.07, 6.45) is 4.12. The molecule has 0 fully saturated rings. The van der Waals surface area contributed by atoms with Crippen LogP contribution in [0.4, 0.5) is 5.69 Å². The third kappa shape index (κ3) is 6.22. The zero-order valence-electron chi connectivity index (χ0n) is 14.6. The zero-order chi connectivity index (χ0) is 17.9. The minimum Gasteiger partial charge on any atom is -0.493 e. The van der Waals surface area contributed by atoms with Crippen LogP contribution in [0.3, 0.4) is 0 Å². The van der Waals surface area contributed by atoms with Gasteiger partial charge >= 0.3 is 0 Å². The summed E-state index contributed by atoms with van der Waals surface area (Å²) in [6, 6.07) is 15.5. The number of ether oxygens (including phenoxy) is 2. The molecule has 0 spiro atoms. The Morgan fingerprint density at radius 2 is 1.76 bits per heavy atom. The molecule has 0 radical (unpaired) electrons. The molecule has 2 rings (SSSR count). The first-order valence-corrected chi connectivity index (χ1v) is 8.20. The number of para-hydroxylation sites is 1. The van der Waals surface area contributed by atoms with Gasteiger partial charge in [0.25, 0.3) is 0 Å². The van der Waals surface area contributed by atoms with Crippen LogP contribution in [0.1, 0.15) is 12.0 Å². The highest BCUT2D eigenvalue weighted by Gasteiger charge is 2.03. The zero-order valence-corrected chi connectivity index (χ0v) is 14.6. The molecule has 0 unspecified atom stereocenters. The van der Waals surface area contributed by atoms with Crippen LogP contribution in [-0.4, -0.2) is 33.2 Å². The van der Waals surface area contributed by atoms with E-state index in [1.807, 2.05) is 48.5 Å². The first kappa shape index (κ1) is 18.4. The SMILES string of the molecule is COc1ccc(/C=C/C(=O)NCCCNc2ccccc2)cc1OC. The predicted octanol–water partition coefficient (Wildman–Crippen LogP) is 3.34. The molecule has 2 N–H and O–H groups in total. The number of nitrogens with one attached hydrogen (secondary N) is 2. The predicted molar refractivity (Wildman–Crippen MR) is 101 cm³/mol. The fourth-order valence-electron chi connectivity index (χ4n) is 2.28. The normalized spacial score (nSPS) is 10.5. The number of benzene rings is 2. The number of amides is 1. The van der Waals surface area contributed by atoms with Gasteiger partial charge in [0.2, 0.25) is 5.91 Å². The molecule has 132 valence electrons. The van der Waals surface area contributed by atoms with Gasteiger partial charge in [0.1, 0.15) is 0 Å². The average molecular weight is 340 g/mol. The molecule has 0 aliphatic rings. The number of anilines is 1. The van der Waals surface area contributed by atoms with Gasteiger partial charge in [0.15, 0.2) is 11.5 Å². The maximum atomic E-state index is 11.9. The number of hydrogen-bond donors (Lipinski definition) is 2. The van der Waals surface area contributed by atoms with Crippen molar-refractivity contribution in [2.45, 2.75) is 6.42 Å². The number of rotatable bonds is 9. The molecule has 1 amide bonds. The quantitative estimate of drug-likeness (QED) is 0.543. The highest BCUT2D eigenvalue weighted by atomic mass is 16.5. The Kier molecular flexibility index (Phi) is 7.38. The molecule has 5 nitrogen and oxygen atoms in total. The van der Waals surface area contributed by atoms with E-state index in [1.165, 1.54) is 6.08 Å². The van der Waals surface area contributed by atoms with Crippen LogP contribution in [0.15, 0.2) is 54.6 Å². The smallest absolute Gasteiger partial charge is 0.244 e. The van der Waals surface area contributed by atoms with Gasteiger partial charge in [-0.25, -0.2) is 0 Å². The Hall–Kier alpha value is -2.95. The van der Waals surface area contributed by atoms with Crippen molar-refractivity contribution >= 4 is 17.7 Å². The lowest BCUT2D eigenvalue weighted by molar-refractivity contribution is -0.116. The Morgan fingerprint density at radius 1 is 1.00 bits per heavy atom. The molecule has 25 heavy (non-hydrogen) atoms. The molecule has 5 heteroatoms. The minimum atomic E-state index is -0.116. The summed E-state index contributed by atoms with van der Waals surface area (Å²) in [7, 11) is 3.18. The Bertz CT molecular complexity index is 699. The molecule has 0 heterocycles. The third-order valence-corrected chi connectivity index (χ3v) is 3.59. The van der Waals surface area contributed by atoms with Crippen LogP contribution >= 0.6 is 0 Å². The van der Waals surface area contributed by atoms with Gasteiger partial charge in [-0.3, -0.25) is 4.79 Å². The van der Waals surface area contributed by atoms with Gasteiger partial charge in [0, 0.05) is 24.9 Å². The van der Waals surface area contributed by atoms with Gasteiger partial charge in [-0.2, -0.15) is 0 Å². The van der Waals surface area contributed by atoms with E-state index in [2.05, 4.69) is 10.6 Å². The highest BCUT2D eigenvalue weighted by molar-refractivity contribution is 5.91. The summed E-state index contributed by atoms with van der Waals surface area (Å²) in [6.45, 7) is 1.43. The van der Waals surface area contributed by atoms with E-state index in [9.17, 15) is 4.79 Å². The van der Waals surface area contributed by atoms with Gasteiger partial charge in [-0.1, -0.05) is 24.3 Å². The minimum absolute atomic E-state index is 0.116. The maximum absolute atomic E-state index is 11.9. The van der Waals surface area contributed by atoms with Crippen molar-refractivity contribution in [1.82, 2.24) is 5.32 Å². The van der Waals surface area contributed by atoms with E-state index >= 15 is 0 Å². The lowest BCUT2D eigenvalue weighted by Gasteiger charge is -2.08. The van der Waals surface area contributed by atoms with Crippen LogP contribution in [-0.2, 0) is 4.79 Å². The van der Waals surface area contributed by atoms with Crippen molar-refractivity contribution in [3.8, 4) is 11.5 Å². The van der Waals surface area contributed by atoms with E-state index in [0.717, 1.165) is 24.2 Å². The lowest BCUT2D eigenvalue weighted by Crippen LogP contribution is -2.23. The van der Waals surface area contributed by atoms with Crippen LogP contribution < -0.4 is 20.1 Å². The van der Waals surface area contributed by atoms with Crippen molar-refractivity contribution in [3.05, 3.63) is 60.2 Å². The molecule has 0 aliphatic heterocycles. The molecule has 0 saturated carbocycles. The van der Waals surface area contributed by atoms with E-state index in [-0.39, 0.29) is 5.91 Å². The lowest BCUT2D eigenvalue weighted by atomic mass is 10.2. The van der Waals surface area contributed by atoms with Crippen LogP contribution in [0.5, 0.6) is 11.5 Å². The second-order valence-electron chi connectivity index (χ2n) is 5.39. The van der Waals surface area contributed by atoms with Gasteiger partial charge < -0.3 is 20.1 Å². The van der Waals surface area contributed by atoms with Crippen LogP contribution in [0.25, 0.3) is 6.08 Å². The average Bonchev–Trinajstić information content (AvgIpc) is 2.66. The largest absolute Gasteiger partial charge is 0.493 e. The molecule has 2 aromatic rings. The molecular formula is C20H24N2O3. The number of carbonyl (C=O) groups is 1. The second-order valence-corrected chi connectivity index (χ2v) is 5.39. The summed E-state index contributed by atoms with van der Waals surface area (Å²) in [5.74, 6) is 1.18. The molecular weight excluding hydrogens is 316 g/mol. The number of carbonyl (C=O) groups excluding carboxylic acids is 1. The van der Waals surface area contributed by atoms with E-state index < -0.39 is 0 Å². The summed E-state index contributed by atoms with van der Waals surface area (Å²) >= 11 is 0. The van der Waals surface area contributed by atoms with E-state index in [0.29, 0.717) is 18.0 Å². The third-order valence-electron chi connectivity index (χ3n) is 3.59. The van der Waals surface area contributed by atoms with Crippen LogP contribution in [0, 0.1) is 0 Å². The van der Waals surface area contributed by atoms with Crippen molar-refractivity contribution in [1.29, 1.82) is 0 Å². The summed E-state index contributed by atoms with van der Waals surface area (Å²) in [5.41, 5.74) is 1.96. The van der Waals surface area contributed by atoms with E-state index in [4.69, 9.17) is 9.47 Å². The first-order valence-electron chi connectivity index (χ1n) is 8.20. The topological polar surface area (TPSA) is 59.6 Å². The monoisotopic (exact) mass is 340 g/mol. The Morgan fingerprint density at radius 3 is 2.48 bits per heavy atom. The standard InChI is InChI=1S/C20H24N2O3/c1-24-18-11-9-16(15-19(18)25-2)10-12-20(23)22-14-6-13-21-17-7-4-3-5-8-17/h3-5,7-12,15,21H,6,13-14H2,1-2H3,(H,22,23)/b12-10+. The van der Waals surface area contributed by atoms with Gasteiger partial charge in [-0.15, -0.1) is 0 Å². The fraction of sp³-hybridized carbons (Fsp3) is 0.250. The first-order chi connectivity index (χ1) is 12.2. The molecule has 2 aromatic carbocycles. The second kappa shape index (κ2) is 10.0. The Labute approximate surface area is 148 Å². The molecule has 0 aromatic heterocycles. The molecule has 0 aliphatic carbocycles. The molecule has 0 bridgehead atoms. The highest BCUT2D eigenvalue weighted by Crippen LogP contribution is 2.27. The van der Waals surface area contributed by atoms with Crippen LogP contribution in [0.2, 0.25) is 0 Å². The Balaban J connectivity index is 1.72. The van der Waals surface area contributed by atoms with Gasteiger partial charge in [-0.05, 0) is 42.3 Å². The molecule has 0 atom stereocenters. The van der Waals surface area contributed by atoms with E-state index in [1.54, 1.807) is 20.3 Å². The van der Waals surface area contributed by atoms with Crippen molar-refractivity contribution in [3.63, 3.8) is 0 Å². The number of hydrogen-bond acceptors (Lipinski definition) is 4. The summed E-state index contributed by atoms with van der Waals surface area (Å²) in [5, 5.41) is 6.17. The van der Waals surface area contributed by atoms with Gasteiger partial charge in [0.05, 0.1) is 14.2 Å². The van der Waals surface area contributed by atoms with Crippen molar-refractivity contribution in [2.75, 3.05) is 32.6 Å². The summed E-state index contributed by atoms with van der Waals surface area (Å²) < 4.78 is 10.4. The summed E-state index contributed by atoms with van der Waals surface area (Å²) in [4.78, 5) is 11.9. The van der Waals surface area contributed by atoms with Crippen molar-refractivity contribution < 1.29 is 14.3 Å². The fourth-order valence-corrected chi connectivity index (χ4v) is 2.28.